The first kappa shape index (κ1) is 30.5. The van der Waals surface area contributed by atoms with Crippen molar-refractivity contribution in [1.29, 1.82) is 0 Å². The molecule has 0 aliphatic carbocycles. The number of morpholine rings is 2. The number of hydrogen-bond acceptors (Lipinski definition) is 8. The summed E-state index contributed by atoms with van der Waals surface area (Å²) in [6, 6.07) is 14.5. The van der Waals surface area contributed by atoms with Gasteiger partial charge in [-0.05, 0) is 60.7 Å². The first-order chi connectivity index (χ1) is 20.0. The highest BCUT2D eigenvalue weighted by Crippen LogP contribution is 2.32. The maximum absolute atomic E-state index is 13.5. The third kappa shape index (κ3) is 6.83. The minimum absolute atomic E-state index is 0.00486. The van der Waals surface area contributed by atoms with Crippen LogP contribution in [0, 0.1) is 0 Å². The molecule has 0 atom stereocenters. The highest BCUT2D eigenvalue weighted by molar-refractivity contribution is 7.92. The smallest absolute Gasteiger partial charge is 0.263 e. The van der Waals surface area contributed by atoms with Crippen LogP contribution in [0.1, 0.15) is 10.4 Å². The van der Waals surface area contributed by atoms with E-state index in [0.29, 0.717) is 50.2 Å². The van der Waals surface area contributed by atoms with E-state index >= 15 is 0 Å². The lowest BCUT2D eigenvalue weighted by Crippen LogP contribution is -2.40. The van der Waals surface area contributed by atoms with Crippen molar-refractivity contribution in [2.75, 3.05) is 67.5 Å². The van der Waals surface area contributed by atoms with Gasteiger partial charge in [-0.1, -0.05) is 23.2 Å². The standard InChI is InChI=1S/C27H28Cl2N4O7S2/c28-20-2-4-21(5-3-20)31-41(35,36)26-17-19(1-7-23(26)29)27(34)30-24-18-22(42(37,38)33-11-15-40-16-12-33)6-8-25(24)32-9-13-39-14-10-32/h1-8,17-18,31H,9-16H2,(H,30,34). The molecule has 11 nitrogen and oxygen atoms in total. The zero-order valence-electron chi connectivity index (χ0n) is 22.3. The molecule has 2 fully saturated rings. The van der Waals surface area contributed by atoms with Gasteiger partial charge in [0.2, 0.25) is 10.0 Å². The summed E-state index contributed by atoms with van der Waals surface area (Å²) in [4.78, 5) is 15.2. The van der Waals surface area contributed by atoms with Crippen molar-refractivity contribution in [2.24, 2.45) is 0 Å². The number of ether oxygens (including phenoxy) is 2. The van der Waals surface area contributed by atoms with E-state index in [-0.39, 0.29) is 44.8 Å². The van der Waals surface area contributed by atoms with E-state index in [1.54, 1.807) is 6.07 Å². The lowest BCUT2D eigenvalue weighted by molar-refractivity contribution is 0.0730. The molecule has 15 heteroatoms. The predicted molar refractivity (Wildman–Crippen MR) is 161 cm³/mol. The molecule has 2 saturated heterocycles. The quantitative estimate of drug-likeness (QED) is 0.374. The summed E-state index contributed by atoms with van der Waals surface area (Å²) in [7, 11) is -8.02. The second-order valence-electron chi connectivity index (χ2n) is 9.51. The Morgan fingerprint density at radius 2 is 1.43 bits per heavy atom. The van der Waals surface area contributed by atoms with Gasteiger partial charge < -0.3 is 19.7 Å². The fourth-order valence-electron chi connectivity index (χ4n) is 4.56. The van der Waals surface area contributed by atoms with Crippen LogP contribution in [0.2, 0.25) is 10.0 Å². The second kappa shape index (κ2) is 12.8. The third-order valence-electron chi connectivity index (χ3n) is 6.76. The van der Waals surface area contributed by atoms with E-state index in [4.69, 9.17) is 32.7 Å². The van der Waals surface area contributed by atoms with Gasteiger partial charge in [-0.25, -0.2) is 16.8 Å². The van der Waals surface area contributed by atoms with Gasteiger partial charge in [0.15, 0.2) is 0 Å². The number of carbonyl (C=O) groups excluding carboxylic acids is 1. The predicted octanol–water partition coefficient (Wildman–Crippen LogP) is 3.90. The Morgan fingerprint density at radius 3 is 2.10 bits per heavy atom. The summed E-state index contributed by atoms with van der Waals surface area (Å²) in [5.74, 6) is -0.648. The van der Waals surface area contributed by atoms with Crippen LogP contribution in [0.3, 0.4) is 0 Å². The molecule has 2 aliphatic heterocycles. The van der Waals surface area contributed by atoms with Crippen LogP contribution < -0.4 is 14.9 Å². The van der Waals surface area contributed by atoms with E-state index in [9.17, 15) is 21.6 Å². The number of halogens is 2. The first-order valence-corrected chi connectivity index (χ1v) is 16.7. The van der Waals surface area contributed by atoms with Crippen LogP contribution in [0.4, 0.5) is 17.1 Å². The Hall–Kier alpha value is -2.91. The zero-order chi connectivity index (χ0) is 29.9. The number of carbonyl (C=O) groups is 1. The average molecular weight is 656 g/mol. The molecule has 5 rings (SSSR count). The van der Waals surface area contributed by atoms with Gasteiger partial charge in [0.1, 0.15) is 4.90 Å². The Labute approximate surface area is 254 Å². The summed E-state index contributed by atoms with van der Waals surface area (Å²) in [6.07, 6.45) is 0. The fourth-order valence-corrected chi connectivity index (χ4v) is 7.71. The van der Waals surface area contributed by atoms with Crippen molar-refractivity contribution in [1.82, 2.24) is 4.31 Å². The van der Waals surface area contributed by atoms with Crippen molar-refractivity contribution in [3.05, 3.63) is 76.3 Å². The van der Waals surface area contributed by atoms with Crippen LogP contribution >= 0.6 is 23.2 Å². The molecule has 2 aliphatic rings. The summed E-state index contributed by atoms with van der Waals surface area (Å²) in [5.41, 5.74) is 1.14. The molecule has 3 aromatic carbocycles. The Kier molecular flexibility index (Phi) is 9.28. The molecule has 224 valence electrons. The summed E-state index contributed by atoms with van der Waals surface area (Å²) in [6.45, 7) is 3.06. The first-order valence-electron chi connectivity index (χ1n) is 13.0. The number of hydrogen-bond donors (Lipinski definition) is 2. The molecule has 3 aromatic rings. The number of nitrogens with zero attached hydrogens (tertiary/aromatic N) is 2. The van der Waals surface area contributed by atoms with E-state index in [1.165, 1.54) is 58.9 Å². The van der Waals surface area contributed by atoms with Crippen molar-refractivity contribution >= 4 is 66.2 Å². The Bertz CT molecular complexity index is 1670. The molecular weight excluding hydrogens is 627 g/mol. The van der Waals surface area contributed by atoms with Gasteiger partial charge in [0.05, 0.1) is 47.7 Å². The van der Waals surface area contributed by atoms with Gasteiger partial charge in [0, 0.05) is 42.5 Å². The summed E-state index contributed by atoms with van der Waals surface area (Å²) >= 11 is 12.1. The lowest BCUT2D eigenvalue weighted by atomic mass is 10.2. The Balaban J connectivity index is 1.46. The topological polar surface area (TPSA) is 134 Å². The van der Waals surface area contributed by atoms with Gasteiger partial charge in [0.25, 0.3) is 15.9 Å². The maximum atomic E-state index is 13.5. The summed E-state index contributed by atoms with van der Waals surface area (Å²) < 4.78 is 67.5. The molecule has 0 unspecified atom stereocenters. The number of rotatable bonds is 8. The second-order valence-corrected chi connectivity index (χ2v) is 13.9. The van der Waals surface area contributed by atoms with Crippen LogP contribution in [0.25, 0.3) is 0 Å². The number of nitrogens with one attached hydrogen (secondary N) is 2. The van der Waals surface area contributed by atoms with E-state index < -0.39 is 26.0 Å². The molecular formula is C27H28Cl2N4O7S2. The van der Waals surface area contributed by atoms with E-state index in [0.717, 1.165) is 0 Å². The zero-order valence-corrected chi connectivity index (χ0v) is 25.4. The van der Waals surface area contributed by atoms with E-state index in [2.05, 4.69) is 10.0 Å². The monoisotopic (exact) mass is 654 g/mol. The van der Waals surface area contributed by atoms with Crippen LogP contribution in [0.15, 0.2) is 70.5 Å². The number of sulfonamides is 2. The third-order valence-corrected chi connectivity index (χ3v) is 10.8. The molecule has 2 heterocycles. The number of amides is 1. The largest absolute Gasteiger partial charge is 0.379 e. The molecule has 0 spiro atoms. The van der Waals surface area contributed by atoms with Crippen LogP contribution in [-0.4, -0.2) is 79.7 Å². The molecule has 0 radical (unpaired) electrons. The summed E-state index contributed by atoms with van der Waals surface area (Å²) in [5, 5.41) is 3.15. The minimum Gasteiger partial charge on any atom is -0.379 e. The van der Waals surface area contributed by atoms with E-state index in [1.807, 2.05) is 4.90 Å². The maximum Gasteiger partial charge on any atom is 0.263 e. The highest BCUT2D eigenvalue weighted by Gasteiger charge is 2.28. The molecule has 0 saturated carbocycles. The lowest BCUT2D eigenvalue weighted by Gasteiger charge is -2.31. The number of benzene rings is 3. The van der Waals surface area contributed by atoms with Crippen molar-refractivity contribution in [2.45, 2.75) is 9.79 Å². The molecule has 0 bridgehead atoms. The van der Waals surface area contributed by atoms with Crippen molar-refractivity contribution < 1.29 is 31.1 Å². The fraction of sp³-hybridized carbons (Fsp3) is 0.296. The van der Waals surface area contributed by atoms with Crippen LogP contribution in [-0.2, 0) is 29.5 Å². The molecule has 0 aromatic heterocycles. The van der Waals surface area contributed by atoms with Crippen molar-refractivity contribution in [3.63, 3.8) is 0 Å². The SMILES string of the molecule is O=C(Nc1cc(S(=O)(=O)N2CCOCC2)ccc1N1CCOCC1)c1ccc(Cl)c(S(=O)(=O)Nc2ccc(Cl)cc2)c1. The van der Waals surface area contributed by atoms with Gasteiger partial charge in [-0.15, -0.1) is 0 Å². The van der Waals surface area contributed by atoms with Gasteiger partial charge in [-0.3, -0.25) is 9.52 Å². The normalized spacial score (nSPS) is 16.7. The van der Waals surface area contributed by atoms with Crippen molar-refractivity contribution in [3.8, 4) is 0 Å². The van der Waals surface area contributed by atoms with Gasteiger partial charge in [-0.2, -0.15) is 4.31 Å². The van der Waals surface area contributed by atoms with Crippen LogP contribution in [0.5, 0.6) is 0 Å². The minimum atomic E-state index is -4.17. The molecule has 1 amide bonds. The van der Waals surface area contributed by atoms with Gasteiger partial charge >= 0.3 is 0 Å². The number of anilines is 3. The average Bonchev–Trinajstić information content (AvgIpc) is 2.99. The highest BCUT2D eigenvalue weighted by atomic mass is 35.5. The Morgan fingerprint density at radius 1 is 0.786 bits per heavy atom. The molecule has 42 heavy (non-hydrogen) atoms. The molecule has 2 N–H and O–H groups in total.